The van der Waals surface area contributed by atoms with Crippen LogP contribution in [0.1, 0.15) is 61.1 Å². The van der Waals surface area contributed by atoms with Gasteiger partial charge in [0.15, 0.2) is 0 Å². The number of hydrogen-bond acceptors (Lipinski definition) is 0. The van der Waals surface area contributed by atoms with Gasteiger partial charge in [0.05, 0.1) is 5.38 Å². The molecule has 1 unspecified atom stereocenters. The molecule has 3 rings (SSSR count). The molecular formula is C17H23Cl. The van der Waals surface area contributed by atoms with Crippen LogP contribution in [-0.4, -0.2) is 0 Å². The van der Waals surface area contributed by atoms with Crippen LogP contribution in [0.2, 0.25) is 0 Å². The molecule has 1 aromatic rings. The van der Waals surface area contributed by atoms with E-state index in [1.54, 1.807) is 11.1 Å². The van der Waals surface area contributed by atoms with E-state index in [0.717, 1.165) is 5.92 Å². The van der Waals surface area contributed by atoms with Gasteiger partial charge in [0.1, 0.15) is 0 Å². The van der Waals surface area contributed by atoms with Gasteiger partial charge in [-0.3, -0.25) is 0 Å². The molecule has 0 amide bonds. The molecule has 98 valence electrons. The molecular weight excluding hydrogens is 240 g/mol. The maximum Gasteiger partial charge on any atom is 0.0613 e. The SMILES string of the molecule is CC1CCC(C(Cl)c2ccc3c(c2)CCC3)CC1. The van der Waals surface area contributed by atoms with Gasteiger partial charge >= 0.3 is 0 Å². The third kappa shape index (κ3) is 2.45. The van der Waals surface area contributed by atoms with Gasteiger partial charge in [0.2, 0.25) is 0 Å². The molecule has 2 aliphatic carbocycles. The first kappa shape index (κ1) is 12.5. The number of aryl methyl sites for hydroxylation is 2. The Balaban J connectivity index is 1.74. The van der Waals surface area contributed by atoms with Crippen LogP contribution >= 0.6 is 11.6 Å². The molecule has 2 aliphatic rings. The minimum absolute atomic E-state index is 0.239. The van der Waals surface area contributed by atoms with Gasteiger partial charge in [0.25, 0.3) is 0 Å². The van der Waals surface area contributed by atoms with Crippen molar-refractivity contribution in [1.29, 1.82) is 0 Å². The van der Waals surface area contributed by atoms with E-state index in [1.807, 2.05) is 0 Å². The maximum absolute atomic E-state index is 6.73. The van der Waals surface area contributed by atoms with Crippen molar-refractivity contribution < 1.29 is 0 Å². The highest BCUT2D eigenvalue weighted by Crippen LogP contribution is 2.41. The van der Waals surface area contributed by atoms with E-state index in [1.165, 1.54) is 50.5 Å². The Bertz CT molecular complexity index is 416. The number of alkyl halides is 1. The number of rotatable bonds is 2. The van der Waals surface area contributed by atoms with E-state index in [0.29, 0.717) is 5.92 Å². The average Bonchev–Trinajstić information content (AvgIpc) is 2.86. The normalized spacial score (nSPS) is 29.0. The van der Waals surface area contributed by atoms with E-state index in [9.17, 15) is 0 Å². The lowest BCUT2D eigenvalue weighted by Gasteiger charge is -2.30. The van der Waals surface area contributed by atoms with Gasteiger partial charge in [-0.25, -0.2) is 0 Å². The predicted molar refractivity (Wildman–Crippen MR) is 78.2 cm³/mol. The van der Waals surface area contributed by atoms with E-state index in [2.05, 4.69) is 25.1 Å². The molecule has 0 radical (unpaired) electrons. The van der Waals surface area contributed by atoms with Crippen molar-refractivity contribution in [2.45, 2.75) is 57.2 Å². The standard InChI is InChI=1S/C17H23Cl/c1-12-5-7-14(8-6-12)17(18)16-10-9-13-3-2-4-15(13)11-16/h9-12,14,17H,2-8H2,1H3. The molecule has 1 heteroatoms. The minimum Gasteiger partial charge on any atom is -0.118 e. The quantitative estimate of drug-likeness (QED) is 0.636. The number of halogens is 1. The minimum atomic E-state index is 0.239. The fourth-order valence-corrected chi connectivity index (χ4v) is 4.00. The fraction of sp³-hybridized carbons (Fsp3) is 0.647. The molecule has 0 N–H and O–H groups in total. The molecule has 1 atom stereocenters. The zero-order valence-corrected chi connectivity index (χ0v) is 12.0. The molecule has 0 saturated heterocycles. The summed E-state index contributed by atoms with van der Waals surface area (Å²) < 4.78 is 0. The van der Waals surface area contributed by atoms with Gasteiger partial charge < -0.3 is 0 Å². The highest BCUT2D eigenvalue weighted by Gasteiger charge is 2.26. The van der Waals surface area contributed by atoms with E-state index in [-0.39, 0.29) is 5.38 Å². The Labute approximate surface area is 116 Å². The zero-order valence-electron chi connectivity index (χ0n) is 11.3. The number of benzene rings is 1. The summed E-state index contributed by atoms with van der Waals surface area (Å²) in [4.78, 5) is 0. The molecule has 0 spiro atoms. The molecule has 0 aromatic heterocycles. The second-order valence-corrected chi connectivity index (χ2v) is 6.77. The summed E-state index contributed by atoms with van der Waals surface area (Å²) in [5.41, 5.74) is 4.49. The number of hydrogen-bond donors (Lipinski definition) is 0. The Kier molecular flexibility index (Phi) is 3.66. The van der Waals surface area contributed by atoms with Crippen molar-refractivity contribution >= 4 is 11.6 Å². The summed E-state index contributed by atoms with van der Waals surface area (Å²) in [6, 6.07) is 6.98. The van der Waals surface area contributed by atoms with E-state index < -0.39 is 0 Å². The van der Waals surface area contributed by atoms with E-state index in [4.69, 9.17) is 11.6 Å². The largest absolute Gasteiger partial charge is 0.118 e. The summed E-state index contributed by atoms with van der Waals surface area (Å²) in [7, 11) is 0. The molecule has 1 fully saturated rings. The van der Waals surface area contributed by atoms with Gasteiger partial charge in [0, 0.05) is 0 Å². The van der Waals surface area contributed by atoms with Crippen molar-refractivity contribution in [1.82, 2.24) is 0 Å². The number of fused-ring (bicyclic) bond motifs is 1. The Morgan fingerprint density at radius 2 is 1.78 bits per heavy atom. The summed E-state index contributed by atoms with van der Waals surface area (Å²) in [5, 5.41) is 0.239. The topological polar surface area (TPSA) is 0 Å². The second-order valence-electron chi connectivity index (χ2n) is 6.30. The third-order valence-corrected chi connectivity index (χ3v) is 5.52. The Morgan fingerprint density at radius 1 is 1.06 bits per heavy atom. The summed E-state index contributed by atoms with van der Waals surface area (Å²) in [5.74, 6) is 1.60. The zero-order chi connectivity index (χ0) is 12.5. The summed E-state index contributed by atoms with van der Waals surface area (Å²) >= 11 is 6.73. The Hall–Kier alpha value is -0.490. The summed E-state index contributed by atoms with van der Waals surface area (Å²) in [6.07, 6.45) is 9.20. The molecule has 0 heterocycles. The molecule has 1 saturated carbocycles. The van der Waals surface area contributed by atoms with Gasteiger partial charge in [-0.15, -0.1) is 11.6 Å². The van der Waals surface area contributed by atoms with Gasteiger partial charge in [-0.1, -0.05) is 38.0 Å². The first-order chi connectivity index (χ1) is 8.74. The predicted octanol–water partition coefficient (Wildman–Crippen LogP) is 5.28. The van der Waals surface area contributed by atoms with Crippen LogP contribution in [-0.2, 0) is 12.8 Å². The first-order valence-electron chi connectivity index (χ1n) is 7.50. The van der Waals surface area contributed by atoms with Crippen molar-refractivity contribution in [2.24, 2.45) is 11.8 Å². The van der Waals surface area contributed by atoms with Crippen molar-refractivity contribution in [3.63, 3.8) is 0 Å². The highest BCUT2D eigenvalue weighted by molar-refractivity contribution is 6.21. The van der Waals surface area contributed by atoms with Crippen LogP contribution in [0.25, 0.3) is 0 Å². The van der Waals surface area contributed by atoms with Crippen LogP contribution in [0.4, 0.5) is 0 Å². The summed E-state index contributed by atoms with van der Waals surface area (Å²) in [6.45, 7) is 2.37. The second kappa shape index (κ2) is 5.25. The molecule has 1 aromatic carbocycles. The van der Waals surface area contributed by atoms with Crippen LogP contribution < -0.4 is 0 Å². The average molecular weight is 263 g/mol. The van der Waals surface area contributed by atoms with Gasteiger partial charge in [-0.05, 0) is 60.6 Å². The first-order valence-corrected chi connectivity index (χ1v) is 7.93. The van der Waals surface area contributed by atoms with Crippen molar-refractivity contribution in [2.75, 3.05) is 0 Å². The molecule has 0 aliphatic heterocycles. The lowest BCUT2D eigenvalue weighted by Crippen LogP contribution is -2.16. The van der Waals surface area contributed by atoms with Crippen LogP contribution in [0.15, 0.2) is 18.2 Å². The Morgan fingerprint density at radius 3 is 2.56 bits per heavy atom. The smallest absolute Gasteiger partial charge is 0.0613 e. The van der Waals surface area contributed by atoms with Crippen molar-refractivity contribution in [3.8, 4) is 0 Å². The third-order valence-electron chi connectivity index (χ3n) is 4.92. The lowest BCUT2D eigenvalue weighted by atomic mass is 9.79. The fourth-order valence-electron chi connectivity index (χ4n) is 3.61. The highest BCUT2D eigenvalue weighted by atomic mass is 35.5. The van der Waals surface area contributed by atoms with E-state index >= 15 is 0 Å². The monoisotopic (exact) mass is 262 g/mol. The van der Waals surface area contributed by atoms with Crippen LogP contribution in [0, 0.1) is 11.8 Å². The molecule has 0 nitrogen and oxygen atoms in total. The maximum atomic E-state index is 6.73. The lowest BCUT2D eigenvalue weighted by molar-refractivity contribution is 0.283. The molecule has 18 heavy (non-hydrogen) atoms. The van der Waals surface area contributed by atoms with Crippen LogP contribution in [0.5, 0.6) is 0 Å². The van der Waals surface area contributed by atoms with Crippen molar-refractivity contribution in [3.05, 3.63) is 34.9 Å². The van der Waals surface area contributed by atoms with Gasteiger partial charge in [-0.2, -0.15) is 0 Å². The van der Waals surface area contributed by atoms with Crippen LogP contribution in [0.3, 0.4) is 0 Å². The molecule has 0 bridgehead atoms.